The molecule has 1 N–H and O–H groups in total. The van der Waals surface area contributed by atoms with Gasteiger partial charge in [-0.3, -0.25) is 14.5 Å². The Morgan fingerprint density at radius 1 is 1.25 bits per heavy atom. The minimum atomic E-state index is -0.466. The highest BCUT2D eigenvalue weighted by Crippen LogP contribution is 2.65. The summed E-state index contributed by atoms with van der Waals surface area (Å²) < 4.78 is 11.7. The van der Waals surface area contributed by atoms with Gasteiger partial charge >= 0.3 is 0 Å². The molecule has 2 saturated carbocycles. The molecular formula is C22H28N2O4. The molecule has 6 heteroatoms. The molecule has 4 aliphatic rings. The van der Waals surface area contributed by atoms with Crippen molar-refractivity contribution in [1.29, 1.82) is 0 Å². The molecule has 2 aliphatic heterocycles. The maximum absolute atomic E-state index is 12.7. The summed E-state index contributed by atoms with van der Waals surface area (Å²) in [5.74, 6) is 1.55. The number of benzene rings is 1. The zero-order valence-electron chi connectivity index (χ0n) is 16.2. The van der Waals surface area contributed by atoms with Crippen LogP contribution in [-0.2, 0) is 9.53 Å². The number of rotatable bonds is 5. The molecule has 1 saturated heterocycles. The standard InChI is InChI=1S/C22H28N2O4/c25-17-14-22(28-18-5-2-1-4-15(17)18)7-6-16-19(20(16)22)21(26)23-8-3-9-24-10-12-27-13-11-24/h1-2,4-5,16,19-20H,3,6-14H2,(H,23,26). The van der Waals surface area contributed by atoms with Crippen LogP contribution in [0.25, 0.3) is 0 Å². The van der Waals surface area contributed by atoms with Gasteiger partial charge in [0.05, 0.1) is 25.2 Å². The Balaban J connectivity index is 1.16. The van der Waals surface area contributed by atoms with Crippen LogP contribution in [0.4, 0.5) is 0 Å². The first-order valence-corrected chi connectivity index (χ1v) is 10.6. The summed E-state index contributed by atoms with van der Waals surface area (Å²) in [6.45, 7) is 5.29. The predicted molar refractivity (Wildman–Crippen MR) is 103 cm³/mol. The van der Waals surface area contributed by atoms with E-state index in [1.807, 2.05) is 24.3 Å². The van der Waals surface area contributed by atoms with Gasteiger partial charge in [0.25, 0.3) is 0 Å². The van der Waals surface area contributed by atoms with Gasteiger partial charge < -0.3 is 14.8 Å². The third kappa shape index (κ3) is 3.12. The number of carbonyl (C=O) groups is 2. The first-order valence-electron chi connectivity index (χ1n) is 10.6. The van der Waals surface area contributed by atoms with Crippen molar-refractivity contribution in [2.75, 3.05) is 39.4 Å². The number of amides is 1. The highest BCUT2D eigenvalue weighted by atomic mass is 16.5. The average Bonchev–Trinajstić information content (AvgIpc) is 3.37. The van der Waals surface area contributed by atoms with Crippen molar-refractivity contribution in [2.45, 2.75) is 31.3 Å². The monoisotopic (exact) mass is 384 g/mol. The fraction of sp³-hybridized carbons (Fsp3) is 0.636. The first kappa shape index (κ1) is 18.1. The Hall–Kier alpha value is -1.92. The van der Waals surface area contributed by atoms with E-state index >= 15 is 0 Å². The van der Waals surface area contributed by atoms with Crippen molar-refractivity contribution in [1.82, 2.24) is 10.2 Å². The summed E-state index contributed by atoms with van der Waals surface area (Å²) in [4.78, 5) is 27.8. The quantitative estimate of drug-likeness (QED) is 0.786. The minimum absolute atomic E-state index is 0.00944. The maximum Gasteiger partial charge on any atom is 0.223 e. The molecule has 2 aliphatic carbocycles. The lowest BCUT2D eigenvalue weighted by Gasteiger charge is -2.37. The second-order valence-corrected chi connectivity index (χ2v) is 8.62. The van der Waals surface area contributed by atoms with Gasteiger partial charge in [0.15, 0.2) is 5.78 Å². The Morgan fingerprint density at radius 2 is 2.07 bits per heavy atom. The van der Waals surface area contributed by atoms with E-state index in [4.69, 9.17) is 9.47 Å². The molecule has 1 aromatic rings. The molecule has 28 heavy (non-hydrogen) atoms. The molecule has 4 unspecified atom stereocenters. The number of fused-ring (bicyclic) bond motifs is 3. The van der Waals surface area contributed by atoms with Crippen molar-refractivity contribution < 1.29 is 19.1 Å². The minimum Gasteiger partial charge on any atom is -0.486 e. The number of Topliss-reactive ketones (excluding diaryl/α,β-unsaturated/α-hetero) is 1. The van der Waals surface area contributed by atoms with E-state index in [2.05, 4.69) is 10.2 Å². The SMILES string of the molecule is O=C1CC2(CCC3C(C(=O)NCCCN4CCOCC4)C32)Oc2ccccc21. The van der Waals surface area contributed by atoms with Crippen molar-refractivity contribution in [2.24, 2.45) is 17.8 Å². The van der Waals surface area contributed by atoms with Gasteiger partial charge in [-0.2, -0.15) is 0 Å². The number of nitrogens with zero attached hydrogens (tertiary/aromatic N) is 1. The molecule has 1 spiro atoms. The molecule has 1 amide bonds. The molecule has 3 fully saturated rings. The summed E-state index contributed by atoms with van der Waals surface area (Å²) in [5, 5.41) is 3.13. The smallest absolute Gasteiger partial charge is 0.223 e. The van der Waals surface area contributed by atoms with E-state index in [0.29, 0.717) is 30.2 Å². The van der Waals surface area contributed by atoms with Crippen LogP contribution in [0, 0.1) is 17.8 Å². The van der Waals surface area contributed by atoms with Crippen LogP contribution in [0.3, 0.4) is 0 Å². The highest BCUT2D eigenvalue weighted by molar-refractivity contribution is 6.00. The molecule has 0 bridgehead atoms. The molecule has 2 heterocycles. The van der Waals surface area contributed by atoms with Crippen LogP contribution < -0.4 is 10.1 Å². The number of hydrogen-bond acceptors (Lipinski definition) is 5. The van der Waals surface area contributed by atoms with Gasteiger partial charge in [-0.25, -0.2) is 0 Å². The number of nitrogens with one attached hydrogen (secondary N) is 1. The van der Waals surface area contributed by atoms with Gasteiger partial charge in [0, 0.05) is 31.5 Å². The number of ether oxygens (including phenoxy) is 2. The van der Waals surface area contributed by atoms with E-state index in [-0.39, 0.29) is 23.5 Å². The lowest BCUT2D eigenvalue weighted by molar-refractivity contribution is -0.124. The largest absolute Gasteiger partial charge is 0.486 e. The summed E-state index contributed by atoms with van der Waals surface area (Å²) in [6.07, 6.45) is 3.22. The molecule has 6 nitrogen and oxygen atoms in total. The molecule has 0 aromatic heterocycles. The molecule has 0 radical (unpaired) electrons. The number of hydrogen-bond donors (Lipinski definition) is 1. The van der Waals surface area contributed by atoms with Crippen LogP contribution in [-0.4, -0.2) is 61.6 Å². The average molecular weight is 384 g/mol. The molecular weight excluding hydrogens is 356 g/mol. The fourth-order valence-electron chi connectivity index (χ4n) is 5.58. The molecule has 4 atom stereocenters. The van der Waals surface area contributed by atoms with Gasteiger partial charge in [0.1, 0.15) is 11.4 Å². The Bertz CT molecular complexity index is 776. The zero-order chi connectivity index (χ0) is 19.1. The highest BCUT2D eigenvalue weighted by Gasteiger charge is 2.70. The van der Waals surface area contributed by atoms with Gasteiger partial charge in [-0.05, 0) is 43.9 Å². The van der Waals surface area contributed by atoms with E-state index in [1.165, 1.54) is 0 Å². The predicted octanol–water partition coefficient (Wildman–Crippen LogP) is 1.89. The Morgan fingerprint density at radius 3 is 2.93 bits per heavy atom. The van der Waals surface area contributed by atoms with E-state index in [0.717, 1.165) is 52.1 Å². The summed E-state index contributed by atoms with van der Waals surface area (Å²) in [6, 6.07) is 7.50. The molecule has 1 aromatic carbocycles. The molecule has 5 rings (SSSR count). The normalized spacial score (nSPS) is 33.9. The van der Waals surface area contributed by atoms with Crippen LogP contribution in [0.15, 0.2) is 24.3 Å². The maximum atomic E-state index is 12.7. The van der Waals surface area contributed by atoms with Gasteiger partial charge in [-0.15, -0.1) is 0 Å². The number of para-hydroxylation sites is 1. The first-order chi connectivity index (χ1) is 13.7. The molecule has 150 valence electrons. The van der Waals surface area contributed by atoms with Crippen LogP contribution >= 0.6 is 0 Å². The van der Waals surface area contributed by atoms with Crippen molar-refractivity contribution in [3.63, 3.8) is 0 Å². The third-order valence-electron chi connectivity index (χ3n) is 6.99. The number of carbonyl (C=O) groups excluding carboxylic acids is 2. The van der Waals surface area contributed by atoms with E-state index in [1.54, 1.807) is 0 Å². The van der Waals surface area contributed by atoms with Crippen LogP contribution in [0.1, 0.15) is 36.0 Å². The fourth-order valence-corrected chi connectivity index (χ4v) is 5.58. The third-order valence-corrected chi connectivity index (χ3v) is 6.99. The second kappa shape index (κ2) is 7.16. The van der Waals surface area contributed by atoms with Crippen LogP contribution in [0.2, 0.25) is 0 Å². The van der Waals surface area contributed by atoms with E-state index < -0.39 is 5.60 Å². The topological polar surface area (TPSA) is 67.9 Å². The van der Waals surface area contributed by atoms with Gasteiger partial charge in [0.2, 0.25) is 5.91 Å². The number of ketones is 1. The number of morpholine rings is 1. The Labute approximate surface area is 165 Å². The van der Waals surface area contributed by atoms with Crippen molar-refractivity contribution in [3.05, 3.63) is 29.8 Å². The lowest BCUT2D eigenvalue weighted by Crippen LogP contribution is -2.44. The van der Waals surface area contributed by atoms with Gasteiger partial charge in [-0.1, -0.05) is 12.1 Å². The lowest BCUT2D eigenvalue weighted by atomic mass is 9.84. The summed E-state index contributed by atoms with van der Waals surface area (Å²) >= 11 is 0. The zero-order valence-corrected chi connectivity index (χ0v) is 16.2. The van der Waals surface area contributed by atoms with Crippen LogP contribution in [0.5, 0.6) is 5.75 Å². The van der Waals surface area contributed by atoms with Crippen molar-refractivity contribution in [3.8, 4) is 5.75 Å². The summed E-state index contributed by atoms with van der Waals surface area (Å²) in [5.41, 5.74) is 0.215. The Kier molecular flexibility index (Phi) is 4.63. The second-order valence-electron chi connectivity index (χ2n) is 8.62. The summed E-state index contributed by atoms with van der Waals surface area (Å²) in [7, 11) is 0. The van der Waals surface area contributed by atoms with E-state index in [9.17, 15) is 9.59 Å². The van der Waals surface area contributed by atoms with Crippen molar-refractivity contribution >= 4 is 11.7 Å².